The number of ether oxygens (including phenoxy) is 1. The van der Waals surface area contributed by atoms with Gasteiger partial charge < -0.3 is 9.84 Å². The summed E-state index contributed by atoms with van der Waals surface area (Å²) in [5.41, 5.74) is 2.00. The van der Waals surface area contributed by atoms with Crippen molar-refractivity contribution in [2.45, 2.75) is 58.0 Å². The van der Waals surface area contributed by atoms with Crippen LogP contribution >= 0.6 is 11.6 Å². The van der Waals surface area contributed by atoms with Crippen molar-refractivity contribution in [3.63, 3.8) is 0 Å². The van der Waals surface area contributed by atoms with Crippen molar-refractivity contribution < 1.29 is 9.84 Å². The first-order valence-electron chi connectivity index (χ1n) is 7.35. The molecule has 1 atom stereocenters. The number of hydrogen-bond acceptors (Lipinski definition) is 2. The molecule has 0 radical (unpaired) electrons. The molecule has 0 amide bonds. The Balaban J connectivity index is 1.94. The van der Waals surface area contributed by atoms with Crippen molar-refractivity contribution in [1.29, 1.82) is 0 Å². The lowest BCUT2D eigenvalue weighted by atomic mass is 9.99. The van der Waals surface area contributed by atoms with Crippen LogP contribution in [-0.2, 0) is 6.42 Å². The molecule has 0 aromatic heterocycles. The molecular formula is C16H23ClO2. The summed E-state index contributed by atoms with van der Waals surface area (Å²) in [6.45, 7) is 2.91. The van der Waals surface area contributed by atoms with Crippen LogP contribution < -0.4 is 4.74 Å². The summed E-state index contributed by atoms with van der Waals surface area (Å²) in [6, 6.07) is 3.80. The third kappa shape index (κ3) is 3.87. The van der Waals surface area contributed by atoms with Crippen LogP contribution in [0.25, 0.3) is 0 Å². The molecule has 1 aromatic carbocycles. The van der Waals surface area contributed by atoms with E-state index in [0.29, 0.717) is 11.6 Å². The average molecular weight is 283 g/mol. The van der Waals surface area contributed by atoms with Gasteiger partial charge in [0, 0.05) is 17.0 Å². The first kappa shape index (κ1) is 14.7. The van der Waals surface area contributed by atoms with E-state index in [-0.39, 0.29) is 0 Å². The molecule has 0 spiro atoms. The average Bonchev–Trinajstić information content (AvgIpc) is 2.85. The number of benzene rings is 1. The molecule has 1 unspecified atom stereocenters. The second-order valence-corrected chi connectivity index (χ2v) is 5.74. The van der Waals surface area contributed by atoms with Gasteiger partial charge in [0.15, 0.2) is 0 Å². The quantitative estimate of drug-likeness (QED) is 0.737. The third-order valence-corrected chi connectivity index (χ3v) is 3.94. The Morgan fingerprint density at radius 2 is 2.05 bits per heavy atom. The molecule has 3 heteroatoms. The maximum absolute atomic E-state index is 10.3. The second-order valence-electron chi connectivity index (χ2n) is 5.30. The summed E-state index contributed by atoms with van der Waals surface area (Å²) in [7, 11) is 0. The SMILES string of the molecule is CCCCCCCC(O)c1cc(Cl)cc2c1OCC2. The fourth-order valence-corrected chi connectivity index (χ4v) is 2.89. The van der Waals surface area contributed by atoms with Crippen LogP contribution in [0.2, 0.25) is 5.02 Å². The smallest absolute Gasteiger partial charge is 0.128 e. The van der Waals surface area contributed by atoms with Crippen molar-refractivity contribution in [2.75, 3.05) is 6.61 Å². The highest BCUT2D eigenvalue weighted by Crippen LogP contribution is 2.37. The van der Waals surface area contributed by atoms with E-state index in [1.807, 2.05) is 12.1 Å². The Labute approximate surface area is 120 Å². The van der Waals surface area contributed by atoms with Crippen molar-refractivity contribution in [3.8, 4) is 5.75 Å². The monoisotopic (exact) mass is 282 g/mol. The minimum Gasteiger partial charge on any atom is -0.493 e. The van der Waals surface area contributed by atoms with Crippen LogP contribution in [0.15, 0.2) is 12.1 Å². The van der Waals surface area contributed by atoms with Gasteiger partial charge in [0.05, 0.1) is 12.7 Å². The molecule has 1 aliphatic heterocycles. The van der Waals surface area contributed by atoms with Crippen LogP contribution in [0.1, 0.15) is 62.7 Å². The van der Waals surface area contributed by atoms with Crippen molar-refractivity contribution in [2.24, 2.45) is 0 Å². The Kier molecular flexibility index (Phi) is 5.53. The molecule has 2 nitrogen and oxygen atoms in total. The van der Waals surface area contributed by atoms with E-state index in [1.165, 1.54) is 25.7 Å². The highest BCUT2D eigenvalue weighted by Gasteiger charge is 2.21. The normalized spacial score (nSPS) is 15.1. The van der Waals surface area contributed by atoms with Crippen LogP contribution in [0, 0.1) is 0 Å². The standard InChI is InChI=1S/C16H23ClO2/c1-2-3-4-5-6-7-15(18)14-11-13(17)10-12-8-9-19-16(12)14/h10-11,15,18H,2-9H2,1H3. The van der Waals surface area contributed by atoms with Gasteiger partial charge >= 0.3 is 0 Å². The molecule has 0 aliphatic carbocycles. The fraction of sp³-hybridized carbons (Fsp3) is 0.625. The lowest BCUT2D eigenvalue weighted by Crippen LogP contribution is -2.01. The van der Waals surface area contributed by atoms with Gasteiger partial charge in [-0.15, -0.1) is 0 Å². The van der Waals surface area contributed by atoms with E-state index < -0.39 is 6.10 Å². The van der Waals surface area contributed by atoms with E-state index in [2.05, 4.69) is 6.92 Å². The summed E-state index contributed by atoms with van der Waals surface area (Å²) in [5, 5.41) is 11.0. The molecule has 19 heavy (non-hydrogen) atoms. The molecule has 1 N–H and O–H groups in total. The number of aliphatic hydroxyl groups excluding tert-OH is 1. The maximum atomic E-state index is 10.3. The summed E-state index contributed by atoms with van der Waals surface area (Å²) < 4.78 is 5.63. The Bertz CT molecular complexity index is 417. The maximum Gasteiger partial charge on any atom is 0.128 e. The van der Waals surface area contributed by atoms with Gasteiger partial charge in [-0.2, -0.15) is 0 Å². The van der Waals surface area contributed by atoms with Gasteiger partial charge in [0.25, 0.3) is 0 Å². The lowest BCUT2D eigenvalue weighted by Gasteiger charge is -2.15. The van der Waals surface area contributed by atoms with Crippen molar-refractivity contribution >= 4 is 11.6 Å². The van der Waals surface area contributed by atoms with Gasteiger partial charge in [0.1, 0.15) is 5.75 Å². The van der Waals surface area contributed by atoms with Crippen molar-refractivity contribution in [1.82, 2.24) is 0 Å². The number of rotatable bonds is 7. The zero-order valence-electron chi connectivity index (χ0n) is 11.6. The molecule has 2 rings (SSSR count). The summed E-state index contributed by atoms with van der Waals surface area (Å²) in [4.78, 5) is 0. The van der Waals surface area contributed by atoms with Gasteiger partial charge in [0.2, 0.25) is 0 Å². The molecule has 1 heterocycles. The van der Waals surface area contributed by atoms with E-state index in [0.717, 1.165) is 36.1 Å². The summed E-state index contributed by atoms with van der Waals surface area (Å²) >= 11 is 6.11. The Morgan fingerprint density at radius 1 is 1.26 bits per heavy atom. The predicted octanol–water partition coefficient (Wildman–Crippen LogP) is 4.67. The minimum absolute atomic E-state index is 0.452. The second kappa shape index (κ2) is 7.16. The van der Waals surface area contributed by atoms with Crippen molar-refractivity contribution in [3.05, 3.63) is 28.3 Å². The van der Waals surface area contributed by atoms with Gasteiger partial charge in [-0.05, 0) is 24.1 Å². The highest BCUT2D eigenvalue weighted by molar-refractivity contribution is 6.30. The van der Waals surface area contributed by atoms with Crippen LogP contribution in [0.3, 0.4) is 0 Å². The lowest BCUT2D eigenvalue weighted by molar-refractivity contribution is 0.159. The van der Waals surface area contributed by atoms with E-state index in [4.69, 9.17) is 16.3 Å². The zero-order valence-corrected chi connectivity index (χ0v) is 12.4. The minimum atomic E-state index is -0.452. The Hall–Kier alpha value is -0.730. The predicted molar refractivity (Wildman–Crippen MR) is 79.0 cm³/mol. The molecule has 0 bridgehead atoms. The summed E-state index contributed by atoms with van der Waals surface area (Å²) in [6.07, 6.45) is 7.27. The molecule has 0 fully saturated rings. The number of hydrogen-bond donors (Lipinski definition) is 1. The molecule has 1 aromatic rings. The third-order valence-electron chi connectivity index (χ3n) is 3.72. The van der Waals surface area contributed by atoms with Crippen LogP contribution in [0.5, 0.6) is 5.75 Å². The van der Waals surface area contributed by atoms with Gasteiger partial charge in [-0.25, -0.2) is 0 Å². The molecule has 0 saturated carbocycles. The first-order valence-corrected chi connectivity index (χ1v) is 7.73. The molecule has 0 saturated heterocycles. The molecular weight excluding hydrogens is 260 g/mol. The molecule has 1 aliphatic rings. The van der Waals surface area contributed by atoms with Gasteiger partial charge in [-0.3, -0.25) is 0 Å². The number of unbranched alkanes of at least 4 members (excludes halogenated alkanes) is 4. The fourth-order valence-electron chi connectivity index (χ4n) is 2.64. The largest absolute Gasteiger partial charge is 0.493 e. The van der Waals surface area contributed by atoms with E-state index in [9.17, 15) is 5.11 Å². The van der Waals surface area contributed by atoms with Crippen LogP contribution in [0.4, 0.5) is 0 Å². The number of fused-ring (bicyclic) bond motifs is 1. The van der Waals surface area contributed by atoms with E-state index in [1.54, 1.807) is 0 Å². The Morgan fingerprint density at radius 3 is 2.84 bits per heavy atom. The summed E-state index contributed by atoms with van der Waals surface area (Å²) in [5.74, 6) is 0.866. The molecule has 106 valence electrons. The number of aliphatic hydroxyl groups is 1. The highest BCUT2D eigenvalue weighted by atomic mass is 35.5. The van der Waals surface area contributed by atoms with E-state index >= 15 is 0 Å². The number of halogens is 1. The topological polar surface area (TPSA) is 29.5 Å². The van der Waals surface area contributed by atoms with Gasteiger partial charge in [-0.1, -0.05) is 50.6 Å². The van der Waals surface area contributed by atoms with Crippen LogP contribution in [-0.4, -0.2) is 11.7 Å². The first-order chi connectivity index (χ1) is 9.22. The zero-order chi connectivity index (χ0) is 13.7.